The molecule has 0 aliphatic carbocycles. The summed E-state index contributed by atoms with van der Waals surface area (Å²) in [7, 11) is -1.57. The van der Waals surface area contributed by atoms with Crippen LogP contribution in [0.3, 0.4) is 0 Å². The molecule has 1 heterocycles. The average molecular weight is 327 g/mol. The van der Waals surface area contributed by atoms with E-state index >= 15 is 0 Å². The molecule has 1 atom stereocenters. The molecule has 1 aromatic rings. The SMILES string of the molecule is CCCC[Si](CCCC)(CCCC)O[C@@H](C)c1cccs1. The van der Waals surface area contributed by atoms with Crippen molar-refractivity contribution in [2.75, 3.05) is 0 Å². The zero-order valence-electron chi connectivity index (χ0n) is 14.5. The molecule has 0 saturated heterocycles. The van der Waals surface area contributed by atoms with Crippen LogP contribution in [-0.2, 0) is 4.43 Å². The first kappa shape index (κ1) is 18.9. The van der Waals surface area contributed by atoms with E-state index in [4.69, 9.17) is 4.43 Å². The van der Waals surface area contributed by atoms with Crippen LogP contribution in [0.2, 0.25) is 18.1 Å². The topological polar surface area (TPSA) is 9.23 Å². The molecular weight excluding hydrogens is 292 g/mol. The van der Waals surface area contributed by atoms with Gasteiger partial charge in [0.05, 0.1) is 6.10 Å². The average Bonchev–Trinajstić information content (AvgIpc) is 3.03. The lowest BCUT2D eigenvalue weighted by Gasteiger charge is -2.34. The Morgan fingerprint density at radius 2 is 1.52 bits per heavy atom. The molecule has 0 spiro atoms. The molecule has 0 aliphatic rings. The molecular formula is C18H34OSSi. The lowest BCUT2D eigenvalue weighted by molar-refractivity contribution is 0.210. The summed E-state index contributed by atoms with van der Waals surface area (Å²) in [6, 6.07) is 8.46. The second-order valence-corrected chi connectivity index (χ2v) is 11.4. The number of unbranched alkanes of at least 4 members (excludes halogenated alkanes) is 3. The Kier molecular flexibility index (Phi) is 9.53. The van der Waals surface area contributed by atoms with Crippen molar-refractivity contribution < 1.29 is 4.43 Å². The maximum Gasteiger partial charge on any atom is 0.193 e. The van der Waals surface area contributed by atoms with Crippen LogP contribution in [0, 0.1) is 0 Å². The van der Waals surface area contributed by atoms with Crippen molar-refractivity contribution >= 4 is 19.7 Å². The first-order chi connectivity index (χ1) is 10.2. The summed E-state index contributed by atoms with van der Waals surface area (Å²) < 4.78 is 6.84. The number of rotatable bonds is 12. The van der Waals surface area contributed by atoms with Gasteiger partial charge in [-0.2, -0.15) is 0 Å². The van der Waals surface area contributed by atoms with E-state index in [1.807, 2.05) is 11.3 Å². The van der Waals surface area contributed by atoms with Gasteiger partial charge in [-0.05, 0) is 36.5 Å². The number of thiophene rings is 1. The van der Waals surface area contributed by atoms with Crippen LogP contribution in [-0.4, -0.2) is 8.32 Å². The third-order valence-corrected chi connectivity index (χ3v) is 10.0. The lowest BCUT2D eigenvalue weighted by atomic mass is 10.3. The smallest absolute Gasteiger partial charge is 0.193 e. The summed E-state index contributed by atoms with van der Waals surface area (Å²) in [5, 5.41) is 2.17. The molecule has 1 aromatic heterocycles. The van der Waals surface area contributed by atoms with Gasteiger partial charge in [0.2, 0.25) is 0 Å². The van der Waals surface area contributed by atoms with Crippen molar-refractivity contribution in [1.29, 1.82) is 0 Å². The van der Waals surface area contributed by atoms with Gasteiger partial charge in [-0.15, -0.1) is 11.3 Å². The zero-order chi connectivity index (χ0) is 15.6. The van der Waals surface area contributed by atoms with Gasteiger partial charge in [-0.1, -0.05) is 65.4 Å². The molecule has 0 aliphatic heterocycles. The first-order valence-corrected chi connectivity index (χ1v) is 12.3. The third-order valence-electron chi connectivity index (χ3n) is 4.33. The molecule has 0 N–H and O–H groups in total. The quantitative estimate of drug-likeness (QED) is 0.370. The molecule has 21 heavy (non-hydrogen) atoms. The second kappa shape index (κ2) is 10.6. The van der Waals surface area contributed by atoms with Gasteiger partial charge in [0.1, 0.15) is 0 Å². The Balaban J connectivity index is 2.78. The molecule has 0 bridgehead atoms. The minimum Gasteiger partial charge on any atom is -0.409 e. The number of hydrogen-bond acceptors (Lipinski definition) is 2. The fraction of sp³-hybridized carbons (Fsp3) is 0.778. The van der Waals surface area contributed by atoms with Gasteiger partial charge < -0.3 is 4.43 Å². The molecule has 3 heteroatoms. The molecule has 122 valence electrons. The largest absolute Gasteiger partial charge is 0.409 e. The summed E-state index contributed by atoms with van der Waals surface area (Å²) >= 11 is 1.84. The van der Waals surface area contributed by atoms with Crippen molar-refractivity contribution in [1.82, 2.24) is 0 Å². The second-order valence-electron chi connectivity index (χ2n) is 6.27. The molecule has 0 aromatic carbocycles. The fourth-order valence-corrected chi connectivity index (χ4v) is 8.78. The zero-order valence-corrected chi connectivity index (χ0v) is 16.3. The van der Waals surface area contributed by atoms with Crippen LogP contribution in [0.25, 0.3) is 0 Å². The Morgan fingerprint density at radius 1 is 1.00 bits per heavy atom. The maximum atomic E-state index is 6.84. The Labute approximate surface area is 137 Å². The van der Waals surface area contributed by atoms with Crippen molar-refractivity contribution in [3.8, 4) is 0 Å². The van der Waals surface area contributed by atoms with Crippen LogP contribution in [0.5, 0.6) is 0 Å². The van der Waals surface area contributed by atoms with Gasteiger partial charge >= 0.3 is 0 Å². The minimum atomic E-state index is -1.57. The molecule has 0 amide bonds. The van der Waals surface area contributed by atoms with Gasteiger partial charge in [0.25, 0.3) is 0 Å². The molecule has 0 fully saturated rings. The van der Waals surface area contributed by atoms with E-state index in [1.165, 1.54) is 61.5 Å². The van der Waals surface area contributed by atoms with Crippen LogP contribution in [0.1, 0.15) is 77.2 Å². The third kappa shape index (κ3) is 6.66. The lowest BCUT2D eigenvalue weighted by Crippen LogP contribution is -2.39. The Bertz CT molecular complexity index is 328. The van der Waals surface area contributed by atoms with Gasteiger partial charge in [0, 0.05) is 4.88 Å². The fourth-order valence-electron chi connectivity index (χ4n) is 3.00. The van der Waals surface area contributed by atoms with E-state index in [2.05, 4.69) is 45.2 Å². The van der Waals surface area contributed by atoms with Gasteiger partial charge in [0.15, 0.2) is 8.32 Å². The van der Waals surface area contributed by atoms with E-state index in [0.717, 1.165) is 0 Å². The molecule has 0 radical (unpaired) electrons. The van der Waals surface area contributed by atoms with E-state index in [-0.39, 0.29) is 0 Å². The molecule has 0 unspecified atom stereocenters. The molecule has 0 saturated carbocycles. The summed E-state index contributed by atoms with van der Waals surface area (Å²) in [6.07, 6.45) is 8.21. The van der Waals surface area contributed by atoms with E-state index in [1.54, 1.807) is 0 Å². The van der Waals surface area contributed by atoms with E-state index in [0.29, 0.717) is 6.10 Å². The van der Waals surface area contributed by atoms with Crippen LogP contribution in [0.15, 0.2) is 17.5 Å². The predicted molar refractivity (Wildman–Crippen MR) is 98.7 cm³/mol. The predicted octanol–water partition coefficient (Wildman–Crippen LogP) is 7.17. The van der Waals surface area contributed by atoms with Gasteiger partial charge in [-0.25, -0.2) is 0 Å². The summed E-state index contributed by atoms with van der Waals surface area (Å²) in [5.41, 5.74) is 0. The first-order valence-electron chi connectivity index (χ1n) is 8.88. The summed E-state index contributed by atoms with van der Waals surface area (Å²) in [5.74, 6) is 0. The Hall–Kier alpha value is -0.123. The molecule has 1 rings (SSSR count). The highest BCUT2D eigenvalue weighted by Gasteiger charge is 2.35. The van der Waals surface area contributed by atoms with Crippen molar-refractivity contribution in [2.45, 2.75) is 90.5 Å². The highest BCUT2D eigenvalue weighted by atomic mass is 32.1. The van der Waals surface area contributed by atoms with Crippen molar-refractivity contribution in [2.24, 2.45) is 0 Å². The summed E-state index contributed by atoms with van der Waals surface area (Å²) in [6.45, 7) is 9.18. The summed E-state index contributed by atoms with van der Waals surface area (Å²) in [4.78, 5) is 1.40. The highest BCUT2D eigenvalue weighted by Crippen LogP contribution is 2.35. The maximum absolute atomic E-state index is 6.84. The van der Waals surface area contributed by atoms with Crippen LogP contribution < -0.4 is 0 Å². The highest BCUT2D eigenvalue weighted by molar-refractivity contribution is 7.10. The van der Waals surface area contributed by atoms with Crippen LogP contribution >= 0.6 is 11.3 Å². The van der Waals surface area contributed by atoms with Crippen molar-refractivity contribution in [3.05, 3.63) is 22.4 Å². The minimum absolute atomic E-state index is 0.294. The van der Waals surface area contributed by atoms with E-state index < -0.39 is 8.32 Å². The van der Waals surface area contributed by atoms with Crippen molar-refractivity contribution in [3.63, 3.8) is 0 Å². The van der Waals surface area contributed by atoms with Gasteiger partial charge in [-0.3, -0.25) is 0 Å². The molecule has 1 nitrogen and oxygen atoms in total. The normalized spacial score (nSPS) is 13.5. The standard InChI is InChI=1S/C18H34OSSi/c1-5-8-14-21(15-9-6-2,16-10-7-3)19-17(4)18-12-11-13-20-18/h11-13,17H,5-10,14-16H2,1-4H3/t17-/m0/s1. The van der Waals surface area contributed by atoms with Crippen LogP contribution in [0.4, 0.5) is 0 Å². The monoisotopic (exact) mass is 326 g/mol. The Morgan fingerprint density at radius 3 is 1.90 bits per heavy atom. The number of hydrogen-bond donors (Lipinski definition) is 0. The van der Waals surface area contributed by atoms with E-state index in [9.17, 15) is 0 Å².